The topological polar surface area (TPSA) is 209 Å². The van der Waals surface area contributed by atoms with Crippen molar-refractivity contribution in [2.45, 2.75) is 118 Å². The number of allylic oxidation sites excluding steroid dienone is 2. The van der Waals surface area contributed by atoms with Gasteiger partial charge in [0.15, 0.2) is 11.4 Å². The Morgan fingerprint density at radius 1 is 0.967 bits per heavy atom. The first-order chi connectivity index (χ1) is 28.6. The summed E-state index contributed by atoms with van der Waals surface area (Å²) in [4.78, 5) is 53.7. The maximum absolute atomic E-state index is 14.7. The Hall–Kier alpha value is -4.83. The van der Waals surface area contributed by atoms with Crippen molar-refractivity contribution in [2.24, 2.45) is 39.6 Å². The Morgan fingerprint density at radius 2 is 1.62 bits per heavy atom. The number of nitrogens with one attached hydrogen (secondary N) is 1. The number of carbonyl (C=O) groups is 3. The summed E-state index contributed by atoms with van der Waals surface area (Å²) in [5.74, 6) is -6.44. The van der Waals surface area contributed by atoms with Gasteiger partial charge in [-0.25, -0.2) is 0 Å². The van der Waals surface area contributed by atoms with Crippen LogP contribution < -0.4 is 20.8 Å². The second-order valence-electron chi connectivity index (χ2n) is 18.0. The van der Waals surface area contributed by atoms with Crippen LogP contribution in [0.25, 0.3) is 10.8 Å². The van der Waals surface area contributed by atoms with Gasteiger partial charge in [-0.3, -0.25) is 24.4 Å². The third-order valence-corrected chi connectivity index (χ3v) is 12.9. The number of aliphatic hydroxyl groups is 2. The largest absolute Gasteiger partial charge is 0.507 e. The van der Waals surface area contributed by atoms with E-state index in [0.717, 1.165) is 6.54 Å². The number of benzene rings is 2. The van der Waals surface area contributed by atoms with E-state index in [-0.39, 0.29) is 55.4 Å². The second kappa shape index (κ2) is 17.5. The van der Waals surface area contributed by atoms with Gasteiger partial charge in [-0.1, -0.05) is 59.8 Å². The molecule has 4 aliphatic rings. The van der Waals surface area contributed by atoms with Crippen LogP contribution >= 0.6 is 0 Å². The molecule has 1 saturated heterocycles. The highest BCUT2D eigenvalue weighted by molar-refractivity contribution is 6.19. The van der Waals surface area contributed by atoms with Gasteiger partial charge in [-0.15, -0.1) is 0 Å². The summed E-state index contributed by atoms with van der Waals surface area (Å²) in [6.07, 6.45) is 5.04. The molecule has 1 spiro atoms. The molecule has 0 unspecified atom stereocenters. The standard InChI is InChI=1S/C46H62N4O11/c1-22(2)21-50-18-16-46(17-19-50)48-34-31-32-39(54)28(8)42-33(31)43(56)45(10,61-42)59-20-15-30(58-11)25(5)41(60-29(9)51)27(7)38(53)26(6)37(52)23(3)13-12-14-24(4)44(57)47-36(40(32)55)35(34)49-46/h12-15,20,22-23,25-27,30,37-38,41,52-55H,16-19,21H2,1-11H3,(H,47,57)/b13-12-,20-15?,24-14-/t23-,25+,26+,27+,30-,37-,38+,41+,45-/m0/s1. The molecule has 2 aromatic carbocycles. The van der Waals surface area contributed by atoms with E-state index in [2.05, 4.69) is 24.1 Å². The van der Waals surface area contributed by atoms with Gasteiger partial charge in [0.25, 0.3) is 11.7 Å². The van der Waals surface area contributed by atoms with Crippen molar-refractivity contribution in [3.63, 3.8) is 0 Å². The molecular formula is C46H62N4O11. The molecule has 61 heavy (non-hydrogen) atoms. The van der Waals surface area contributed by atoms with E-state index < -0.39 is 82.9 Å². The molecule has 0 saturated carbocycles. The number of phenols is 2. The minimum atomic E-state index is -1.96. The monoisotopic (exact) mass is 846 g/mol. The zero-order chi connectivity index (χ0) is 44.9. The van der Waals surface area contributed by atoms with Crippen LogP contribution in [0.15, 0.2) is 46.1 Å². The molecule has 4 aliphatic heterocycles. The lowest BCUT2D eigenvalue weighted by Crippen LogP contribution is -2.46. The zero-order valence-electron chi connectivity index (χ0n) is 37.1. The molecule has 4 heterocycles. The predicted molar refractivity (Wildman–Crippen MR) is 228 cm³/mol. The molecule has 332 valence electrons. The number of hydrogen-bond donors (Lipinski definition) is 5. The Labute approximate surface area is 356 Å². The summed E-state index contributed by atoms with van der Waals surface area (Å²) < 4.78 is 24.0. The lowest BCUT2D eigenvalue weighted by atomic mass is 9.78. The maximum atomic E-state index is 14.7. The van der Waals surface area contributed by atoms with E-state index in [1.165, 1.54) is 27.2 Å². The highest BCUT2D eigenvalue weighted by Crippen LogP contribution is 2.50. The molecule has 9 atom stereocenters. The van der Waals surface area contributed by atoms with Gasteiger partial charge in [0.05, 0.1) is 40.9 Å². The molecule has 0 aromatic heterocycles. The number of carbonyl (C=O) groups excluding carboxylic acids is 3. The zero-order valence-corrected chi connectivity index (χ0v) is 37.1. The number of Topliss-reactive ketones (excluding diaryl/α,β-unsaturated/α-hetero) is 1. The summed E-state index contributed by atoms with van der Waals surface area (Å²) in [6.45, 7) is 19.5. The fraction of sp³-hybridized carbons (Fsp3) is 0.587. The van der Waals surface area contributed by atoms with E-state index in [9.17, 15) is 34.8 Å². The molecular weight excluding hydrogens is 785 g/mol. The summed E-state index contributed by atoms with van der Waals surface area (Å²) in [7, 11) is 1.47. The SMILES string of the molecule is CO[C@H]1C=CO[C@@]2(C)Oc3c(C)c(O)c4c(O)c(c5c(c4c3C2=O)=NC2(CCN(CC(C)C)CC2)N=5)NC(=O)/C(C)=C\C=C/[C@H](C)[C@H](O)[C@@H](C)[C@@H](O)[C@@H](C)[C@H](OC(C)=O)[C@@H]1C. The van der Waals surface area contributed by atoms with Crippen molar-refractivity contribution in [3.05, 3.63) is 58.0 Å². The smallest absolute Gasteiger partial charge is 0.312 e. The highest BCUT2D eigenvalue weighted by atomic mass is 16.7. The molecule has 5 N–H and O–H groups in total. The minimum absolute atomic E-state index is 0.0364. The Bertz CT molecular complexity index is 2300. The molecule has 0 radical (unpaired) electrons. The molecule has 0 aliphatic carbocycles. The van der Waals surface area contributed by atoms with E-state index in [1.54, 1.807) is 65.8 Å². The van der Waals surface area contributed by atoms with Crippen LogP contribution in [0.3, 0.4) is 0 Å². The van der Waals surface area contributed by atoms with Crippen molar-refractivity contribution in [1.82, 2.24) is 4.90 Å². The molecule has 4 bridgehead atoms. The molecule has 1 fully saturated rings. The highest BCUT2D eigenvalue weighted by Gasteiger charge is 2.50. The lowest BCUT2D eigenvalue weighted by Gasteiger charge is -2.38. The van der Waals surface area contributed by atoms with Crippen LogP contribution in [-0.2, 0) is 23.8 Å². The number of likely N-dealkylation sites (tertiary alicyclic amines) is 1. The Morgan fingerprint density at radius 3 is 2.25 bits per heavy atom. The number of aromatic hydroxyl groups is 2. The fourth-order valence-corrected chi connectivity index (χ4v) is 9.20. The normalized spacial score (nSPS) is 32.1. The lowest BCUT2D eigenvalue weighted by molar-refractivity contribution is -0.160. The number of nitrogens with zero attached hydrogens (tertiary/aromatic N) is 3. The van der Waals surface area contributed by atoms with Gasteiger partial charge in [-0.05, 0) is 25.8 Å². The predicted octanol–water partition coefficient (Wildman–Crippen LogP) is 4.75. The number of anilines is 1. The van der Waals surface area contributed by atoms with Crippen molar-refractivity contribution in [1.29, 1.82) is 0 Å². The van der Waals surface area contributed by atoms with Crippen LogP contribution in [0.5, 0.6) is 17.2 Å². The quantitative estimate of drug-likeness (QED) is 0.209. The van der Waals surface area contributed by atoms with Crippen molar-refractivity contribution < 1.29 is 53.8 Å². The van der Waals surface area contributed by atoms with Crippen LogP contribution in [0.2, 0.25) is 0 Å². The van der Waals surface area contributed by atoms with Gasteiger partial charge in [0.2, 0.25) is 0 Å². The molecule has 2 aromatic rings. The van der Waals surface area contributed by atoms with Crippen LogP contribution in [0, 0.1) is 36.5 Å². The van der Waals surface area contributed by atoms with E-state index in [1.807, 2.05) is 0 Å². The number of ketones is 1. The first kappa shape index (κ1) is 45.7. The van der Waals surface area contributed by atoms with Gasteiger partial charge >= 0.3 is 11.8 Å². The van der Waals surface area contributed by atoms with Gasteiger partial charge in [0, 0.05) is 93.6 Å². The number of aliphatic hydroxyl groups excluding tert-OH is 2. The molecule has 15 nitrogen and oxygen atoms in total. The summed E-state index contributed by atoms with van der Waals surface area (Å²) in [6, 6.07) is 0. The summed E-state index contributed by atoms with van der Waals surface area (Å²) in [5, 5.41) is 50.2. The minimum Gasteiger partial charge on any atom is -0.507 e. The van der Waals surface area contributed by atoms with E-state index in [0.29, 0.717) is 31.8 Å². The molecule has 1 amide bonds. The number of esters is 1. The van der Waals surface area contributed by atoms with Crippen molar-refractivity contribution in [2.75, 3.05) is 32.1 Å². The van der Waals surface area contributed by atoms with Gasteiger partial charge in [-0.2, -0.15) is 0 Å². The third-order valence-electron chi connectivity index (χ3n) is 12.9. The number of methoxy groups -OCH3 is 1. The average Bonchev–Trinajstić information content (AvgIpc) is 3.71. The number of phenolic OH excluding ortho intramolecular Hbond substituents is 2. The van der Waals surface area contributed by atoms with Gasteiger partial charge in [0.1, 0.15) is 28.6 Å². The number of hydrogen-bond acceptors (Lipinski definition) is 14. The number of ether oxygens (including phenoxy) is 4. The Balaban J connectivity index is 1.54. The number of fused-ring (bicyclic) bond motifs is 1. The van der Waals surface area contributed by atoms with E-state index >= 15 is 0 Å². The fourth-order valence-electron chi connectivity index (χ4n) is 9.20. The number of piperidine rings is 1. The molecule has 6 rings (SSSR count). The average molecular weight is 847 g/mol. The third kappa shape index (κ3) is 8.54. The summed E-state index contributed by atoms with van der Waals surface area (Å²) >= 11 is 0. The molecule has 15 heteroatoms. The van der Waals surface area contributed by atoms with Crippen LogP contribution in [0.1, 0.15) is 91.1 Å². The van der Waals surface area contributed by atoms with Crippen molar-refractivity contribution in [3.8, 4) is 17.2 Å². The second-order valence-corrected chi connectivity index (χ2v) is 18.0. The first-order valence-electron chi connectivity index (χ1n) is 21.2. The van der Waals surface area contributed by atoms with Crippen LogP contribution in [-0.4, -0.2) is 106 Å². The van der Waals surface area contributed by atoms with Gasteiger partial charge < -0.3 is 49.6 Å². The van der Waals surface area contributed by atoms with Crippen molar-refractivity contribution >= 4 is 34.1 Å². The number of amides is 1. The maximum Gasteiger partial charge on any atom is 0.312 e. The summed E-state index contributed by atoms with van der Waals surface area (Å²) in [5.41, 5.74) is -0.572. The Kier molecular flexibility index (Phi) is 13.1. The van der Waals surface area contributed by atoms with E-state index in [4.69, 9.17) is 28.9 Å². The number of rotatable bonds is 4. The first-order valence-corrected chi connectivity index (χ1v) is 21.2. The van der Waals surface area contributed by atoms with Crippen LogP contribution in [0.4, 0.5) is 5.69 Å².